The average molecular weight is 347 g/mol. The van der Waals surface area contributed by atoms with Crippen LogP contribution in [0, 0.1) is 0 Å². The van der Waals surface area contributed by atoms with Crippen molar-refractivity contribution >= 4 is 22.8 Å². The van der Waals surface area contributed by atoms with Crippen molar-refractivity contribution in [3.63, 3.8) is 0 Å². The second-order valence-corrected chi connectivity index (χ2v) is 5.80. The van der Waals surface area contributed by atoms with Crippen molar-refractivity contribution in [3.8, 4) is 11.5 Å². The van der Waals surface area contributed by atoms with Gasteiger partial charge in [0.2, 0.25) is 5.91 Å². The lowest BCUT2D eigenvalue weighted by Crippen LogP contribution is -2.20. The molecule has 0 unspecified atom stereocenters. The van der Waals surface area contributed by atoms with Crippen molar-refractivity contribution < 1.29 is 14.3 Å². The summed E-state index contributed by atoms with van der Waals surface area (Å²) in [5, 5.41) is 5.25. The number of fused-ring (bicyclic) bond motifs is 1. The summed E-state index contributed by atoms with van der Waals surface area (Å²) in [5.41, 5.74) is 1.96. The molecule has 0 bridgehead atoms. The van der Waals surface area contributed by atoms with E-state index < -0.39 is 0 Å². The Bertz CT molecular complexity index is 942. The molecule has 4 nitrogen and oxygen atoms in total. The molecule has 0 saturated carbocycles. The van der Waals surface area contributed by atoms with Crippen molar-refractivity contribution in [3.05, 3.63) is 77.9 Å². The van der Waals surface area contributed by atoms with Crippen LogP contribution in [0.2, 0.25) is 0 Å². The number of rotatable bonds is 6. The van der Waals surface area contributed by atoms with Crippen LogP contribution < -0.4 is 14.8 Å². The molecule has 0 fully saturated rings. The van der Waals surface area contributed by atoms with Gasteiger partial charge in [-0.25, -0.2) is 0 Å². The van der Waals surface area contributed by atoms with Gasteiger partial charge in [0.25, 0.3) is 0 Å². The summed E-state index contributed by atoms with van der Waals surface area (Å²) < 4.78 is 10.5. The molecular weight excluding hydrogens is 326 g/mol. The Labute approximate surface area is 153 Å². The topological polar surface area (TPSA) is 47.6 Å². The summed E-state index contributed by atoms with van der Waals surface area (Å²) in [6, 6.07) is 19.8. The summed E-state index contributed by atoms with van der Waals surface area (Å²) in [7, 11) is 3.18. The number of hydrogen-bond donors (Lipinski definition) is 1. The number of carbonyl (C=O) groups is 1. The van der Waals surface area contributed by atoms with Gasteiger partial charge in [-0.2, -0.15) is 0 Å². The van der Waals surface area contributed by atoms with Crippen LogP contribution in [0.25, 0.3) is 16.8 Å². The molecule has 0 aromatic heterocycles. The molecule has 3 aromatic rings. The third-order valence-electron chi connectivity index (χ3n) is 4.17. The van der Waals surface area contributed by atoms with Gasteiger partial charge in [-0.1, -0.05) is 48.5 Å². The lowest BCUT2D eigenvalue weighted by atomic mass is 10.0. The lowest BCUT2D eigenvalue weighted by molar-refractivity contribution is -0.116. The van der Waals surface area contributed by atoms with Crippen molar-refractivity contribution in [2.24, 2.45) is 0 Å². The molecule has 132 valence electrons. The van der Waals surface area contributed by atoms with Gasteiger partial charge in [0, 0.05) is 12.6 Å². The van der Waals surface area contributed by atoms with E-state index in [2.05, 4.69) is 23.5 Å². The Morgan fingerprint density at radius 2 is 1.73 bits per heavy atom. The number of amides is 1. The maximum Gasteiger partial charge on any atom is 0.244 e. The minimum atomic E-state index is -0.146. The summed E-state index contributed by atoms with van der Waals surface area (Å²) >= 11 is 0. The second-order valence-electron chi connectivity index (χ2n) is 5.80. The van der Waals surface area contributed by atoms with Crippen LogP contribution in [0.4, 0.5) is 0 Å². The predicted octanol–water partition coefficient (Wildman–Crippen LogP) is 4.19. The predicted molar refractivity (Wildman–Crippen MR) is 104 cm³/mol. The second kappa shape index (κ2) is 8.21. The Hall–Kier alpha value is -3.27. The molecule has 0 saturated heterocycles. The Morgan fingerprint density at radius 1 is 0.962 bits per heavy atom. The van der Waals surface area contributed by atoms with Gasteiger partial charge in [0.15, 0.2) is 11.5 Å². The molecule has 3 aromatic carbocycles. The molecule has 3 rings (SSSR count). The van der Waals surface area contributed by atoms with Gasteiger partial charge in [0.1, 0.15) is 0 Å². The van der Waals surface area contributed by atoms with Gasteiger partial charge in [0.05, 0.1) is 14.2 Å². The summed E-state index contributed by atoms with van der Waals surface area (Å²) in [6.07, 6.45) is 3.27. The van der Waals surface area contributed by atoms with Gasteiger partial charge in [-0.15, -0.1) is 0 Å². The molecule has 0 heterocycles. The fourth-order valence-corrected chi connectivity index (χ4v) is 2.82. The summed E-state index contributed by atoms with van der Waals surface area (Å²) in [5.74, 6) is 1.14. The highest BCUT2D eigenvalue weighted by Crippen LogP contribution is 2.27. The van der Waals surface area contributed by atoms with E-state index in [1.807, 2.05) is 42.5 Å². The molecule has 0 aliphatic heterocycles. The van der Waals surface area contributed by atoms with Crippen molar-refractivity contribution in [1.82, 2.24) is 5.32 Å². The molecule has 0 aliphatic carbocycles. The fraction of sp³-hybridized carbons (Fsp3) is 0.136. The maximum atomic E-state index is 12.1. The first-order chi connectivity index (χ1) is 12.7. The minimum Gasteiger partial charge on any atom is -0.493 e. The van der Waals surface area contributed by atoms with Crippen LogP contribution in [0.5, 0.6) is 11.5 Å². The van der Waals surface area contributed by atoms with Crippen molar-refractivity contribution in [2.45, 2.75) is 6.54 Å². The van der Waals surface area contributed by atoms with E-state index in [0.29, 0.717) is 18.0 Å². The van der Waals surface area contributed by atoms with E-state index in [1.165, 1.54) is 11.5 Å². The molecule has 1 amide bonds. The summed E-state index contributed by atoms with van der Waals surface area (Å²) in [6.45, 7) is 0.483. The molecular formula is C22H21NO3. The standard InChI is InChI=1S/C22H21NO3/c1-25-20-12-10-16(14-21(20)26-2)11-13-22(24)23-15-18-8-5-7-17-6-3-4-9-19(17)18/h3-14H,15H2,1-2H3,(H,23,24)/b13-11+. The summed E-state index contributed by atoms with van der Waals surface area (Å²) in [4.78, 5) is 12.1. The first kappa shape index (κ1) is 17.5. The van der Waals surface area contributed by atoms with E-state index in [4.69, 9.17) is 9.47 Å². The monoisotopic (exact) mass is 347 g/mol. The zero-order valence-electron chi connectivity index (χ0n) is 14.9. The molecule has 1 N–H and O–H groups in total. The number of benzene rings is 3. The highest BCUT2D eigenvalue weighted by molar-refractivity contribution is 5.92. The number of ether oxygens (including phenoxy) is 2. The first-order valence-electron chi connectivity index (χ1n) is 8.36. The van der Waals surface area contributed by atoms with Crippen LogP contribution in [0.15, 0.2) is 66.7 Å². The number of hydrogen-bond acceptors (Lipinski definition) is 3. The highest BCUT2D eigenvalue weighted by Gasteiger charge is 2.04. The zero-order valence-corrected chi connectivity index (χ0v) is 14.9. The third-order valence-corrected chi connectivity index (χ3v) is 4.17. The zero-order chi connectivity index (χ0) is 18.4. The van der Waals surface area contributed by atoms with E-state index in [9.17, 15) is 4.79 Å². The average Bonchev–Trinajstić information content (AvgIpc) is 2.70. The molecule has 0 radical (unpaired) electrons. The molecule has 26 heavy (non-hydrogen) atoms. The largest absolute Gasteiger partial charge is 0.493 e. The normalized spacial score (nSPS) is 10.8. The Kier molecular flexibility index (Phi) is 5.54. The van der Waals surface area contributed by atoms with Gasteiger partial charge in [-0.3, -0.25) is 4.79 Å². The van der Waals surface area contributed by atoms with E-state index >= 15 is 0 Å². The fourth-order valence-electron chi connectivity index (χ4n) is 2.82. The molecule has 4 heteroatoms. The lowest BCUT2D eigenvalue weighted by Gasteiger charge is -2.08. The van der Waals surface area contributed by atoms with Crippen molar-refractivity contribution in [1.29, 1.82) is 0 Å². The van der Waals surface area contributed by atoms with E-state index in [0.717, 1.165) is 16.5 Å². The van der Waals surface area contributed by atoms with Crippen LogP contribution in [-0.2, 0) is 11.3 Å². The first-order valence-corrected chi connectivity index (χ1v) is 8.36. The van der Waals surface area contributed by atoms with Crippen LogP contribution in [0.1, 0.15) is 11.1 Å². The molecule has 0 aliphatic rings. The molecule has 0 spiro atoms. The van der Waals surface area contributed by atoms with E-state index in [1.54, 1.807) is 20.3 Å². The van der Waals surface area contributed by atoms with E-state index in [-0.39, 0.29) is 5.91 Å². The highest BCUT2D eigenvalue weighted by atomic mass is 16.5. The third kappa shape index (κ3) is 4.03. The Balaban J connectivity index is 1.66. The van der Waals surface area contributed by atoms with Crippen LogP contribution in [-0.4, -0.2) is 20.1 Å². The maximum absolute atomic E-state index is 12.1. The smallest absolute Gasteiger partial charge is 0.244 e. The number of carbonyl (C=O) groups excluding carboxylic acids is 1. The minimum absolute atomic E-state index is 0.146. The Morgan fingerprint density at radius 3 is 2.54 bits per heavy atom. The quantitative estimate of drug-likeness (QED) is 0.680. The number of nitrogens with one attached hydrogen (secondary N) is 1. The number of methoxy groups -OCH3 is 2. The van der Waals surface area contributed by atoms with Gasteiger partial charge < -0.3 is 14.8 Å². The SMILES string of the molecule is COc1ccc(/C=C/C(=O)NCc2cccc3ccccc23)cc1OC. The van der Waals surface area contributed by atoms with Crippen LogP contribution >= 0.6 is 0 Å². The van der Waals surface area contributed by atoms with Crippen molar-refractivity contribution in [2.75, 3.05) is 14.2 Å². The molecule has 0 atom stereocenters. The van der Waals surface area contributed by atoms with Gasteiger partial charge in [-0.05, 0) is 40.1 Å². The van der Waals surface area contributed by atoms with Gasteiger partial charge >= 0.3 is 0 Å². The van der Waals surface area contributed by atoms with Crippen LogP contribution in [0.3, 0.4) is 0 Å².